The maximum Gasteiger partial charge on any atom is 0.146 e. The van der Waals surface area contributed by atoms with Crippen LogP contribution in [0.3, 0.4) is 0 Å². The highest BCUT2D eigenvalue weighted by Gasteiger charge is 2.05. The van der Waals surface area contributed by atoms with Gasteiger partial charge in [-0.2, -0.15) is 5.10 Å². The minimum atomic E-state index is 0.730. The quantitative estimate of drug-likeness (QED) is 0.334. The highest BCUT2D eigenvalue weighted by Crippen LogP contribution is 2.27. The van der Waals surface area contributed by atoms with Gasteiger partial charge < -0.3 is 0 Å². The third-order valence-electron chi connectivity index (χ3n) is 3.85. The first-order valence-electron chi connectivity index (χ1n) is 7.52. The fraction of sp³-hybridized carbons (Fsp3) is 0. The summed E-state index contributed by atoms with van der Waals surface area (Å²) in [6.45, 7) is 0. The molecule has 0 fully saturated rings. The standard InChI is InChI=1S/C20H15N3/c1-3-9-17-15(7-1)13-16-8-2-4-10-18(16)19(17)14-22-23-20-11-5-6-12-21-20/h1-14H,(H,21,23). The lowest BCUT2D eigenvalue weighted by atomic mass is 9.97. The Morgan fingerprint density at radius 3 is 2.09 bits per heavy atom. The average molecular weight is 297 g/mol. The van der Waals surface area contributed by atoms with E-state index in [1.807, 2.05) is 24.4 Å². The predicted octanol–water partition coefficient (Wildman–Crippen LogP) is 4.83. The SMILES string of the molecule is C(=NNc1ccccn1)c1c2ccccc2cc2ccccc12. The molecule has 0 amide bonds. The second-order valence-electron chi connectivity index (χ2n) is 5.32. The van der Waals surface area contributed by atoms with Crippen molar-refractivity contribution < 1.29 is 0 Å². The monoisotopic (exact) mass is 297 g/mol. The normalized spacial score (nSPS) is 11.3. The fourth-order valence-corrected chi connectivity index (χ4v) is 2.78. The molecule has 1 aromatic heterocycles. The smallest absolute Gasteiger partial charge is 0.146 e. The van der Waals surface area contributed by atoms with E-state index in [9.17, 15) is 0 Å². The summed E-state index contributed by atoms with van der Waals surface area (Å²) in [4.78, 5) is 4.21. The molecule has 1 N–H and O–H groups in total. The van der Waals surface area contributed by atoms with Crippen LogP contribution in [-0.2, 0) is 0 Å². The average Bonchev–Trinajstić information content (AvgIpc) is 2.62. The van der Waals surface area contributed by atoms with E-state index >= 15 is 0 Å². The largest absolute Gasteiger partial charge is 0.261 e. The van der Waals surface area contributed by atoms with Crippen LogP contribution in [0.4, 0.5) is 5.82 Å². The van der Waals surface area contributed by atoms with Gasteiger partial charge in [0.05, 0.1) is 6.21 Å². The molecule has 0 aliphatic heterocycles. The zero-order chi connectivity index (χ0) is 15.5. The van der Waals surface area contributed by atoms with Crippen molar-refractivity contribution in [2.45, 2.75) is 0 Å². The van der Waals surface area contributed by atoms with Crippen molar-refractivity contribution in [2.75, 3.05) is 5.43 Å². The Kier molecular flexibility index (Phi) is 3.45. The van der Waals surface area contributed by atoms with Gasteiger partial charge in [-0.3, -0.25) is 5.43 Å². The minimum absolute atomic E-state index is 0.730. The summed E-state index contributed by atoms with van der Waals surface area (Å²) in [5, 5.41) is 9.19. The van der Waals surface area contributed by atoms with Crippen LogP contribution >= 0.6 is 0 Å². The van der Waals surface area contributed by atoms with Crippen molar-refractivity contribution in [1.82, 2.24) is 4.98 Å². The van der Waals surface area contributed by atoms with Crippen LogP contribution in [0.25, 0.3) is 21.5 Å². The zero-order valence-electron chi connectivity index (χ0n) is 12.5. The number of hydrogen-bond donors (Lipinski definition) is 1. The molecule has 0 atom stereocenters. The Balaban J connectivity index is 1.83. The van der Waals surface area contributed by atoms with Crippen molar-refractivity contribution in [3.63, 3.8) is 0 Å². The third-order valence-corrected chi connectivity index (χ3v) is 3.85. The first-order valence-corrected chi connectivity index (χ1v) is 7.52. The van der Waals surface area contributed by atoms with Gasteiger partial charge in [-0.1, -0.05) is 54.6 Å². The summed E-state index contributed by atoms with van der Waals surface area (Å²) in [7, 11) is 0. The van der Waals surface area contributed by atoms with E-state index in [1.165, 1.54) is 21.5 Å². The number of pyridine rings is 1. The molecule has 3 heteroatoms. The number of hydrazone groups is 1. The Bertz CT molecular complexity index is 937. The van der Waals surface area contributed by atoms with E-state index in [1.54, 1.807) is 6.20 Å². The van der Waals surface area contributed by atoms with Crippen LogP contribution in [0.5, 0.6) is 0 Å². The van der Waals surface area contributed by atoms with E-state index < -0.39 is 0 Å². The van der Waals surface area contributed by atoms with Gasteiger partial charge in [0, 0.05) is 11.8 Å². The van der Waals surface area contributed by atoms with Gasteiger partial charge in [0.25, 0.3) is 0 Å². The summed E-state index contributed by atoms with van der Waals surface area (Å²) in [5.74, 6) is 0.730. The second-order valence-corrected chi connectivity index (χ2v) is 5.32. The molecule has 0 saturated heterocycles. The van der Waals surface area contributed by atoms with Crippen molar-refractivity contribution in [2.24, 2.45) is 5.10 Å². The number of anilines is 1. The third kappa shape index (κ3) is 2.64. The lowest BCUT2D eigenvalue weighted by molar-refractivity contribution is 1.23. The lowest BCUT2D eigenvalue weighted by Gasteiger charge is -2.08. The van der Waals surface area contributed by atoms with Crippen LogP contribution in [0.2, 0.25) is 0 Å². The van der Waals surface area contributed by atoms with Crippen molar-refractivity contribution in [3.05, 3.63) is 84.6 Å². The molecule has 0 spiro atoms. The maximum atomic E-state index is 4.37. The molecule has 1 heterocycles. The molecular weight excluding hydrogens is 282 g/mol. The van der Waals surface area contributed by atoms with Gasteiger partial charge >= 0.3 is 0 Å². The predicted molar refractivity (Wildman–Crippen MR) is 96.9 cm³/mol. The number of nitrogens with zero attached hydrogens (tertiary/aromatic N) is 2. The molecule has 3 nitrogen and oxygen atoms in total. The topological polar surface area (TPSA) is 37.3 Å². The number of aromatic nitrogens is 1. The van der Waals surface area contributed by atoms with Crippen LogP contribution in [0.1, 0.15) is 5.56 Å². The Morgan fingerprint density at radius 1 is 0.783 bits per heavy atom. The highest BCUT2D eigenvalue weighted by molar-refractivity contribution is 6.13. The number of rotatable bonds is 3. The summed E-state index contributed by atoms with van der Waals surface area (Å²) in [5.41, 5.74) is 4.09. The van der Waals surface area contributed by atoms with Crippen LogP contribution in [0, 0.1) is 0 Å². The Labute approximate surface area is 134 Å². The zero-order valence-corrected chi connectivity index (χ0v) is 12.5. The van der Waals surface area contributed by atoms with Crippen LogP contribution in [-0.4, -0.2) is 11.2 Å². The van der Waals surface area contributed by atoms with Gasteiger partial charge in [-0.25, -0.2) is 4.98 Å². The highest BCUT2D eigenvalue weighted by atomic mass is 15.3. The molecule has 0 radical (unpaired) electrons. The first-order chi connectivity index (χ1) is 11.4. The van der Waals surface area contributed by atoms with Crippen LogP contribution in [0.15, 0.2) is 84.1 Å². The molecule has 3 aromatic carbocycles. The van der Waals surface area contributed by atoms with Crippen molar-refractivity contribution >= 4 is 33.6 Å². The molecule has 4 aromatic rings. The summed E-state index contributed by atoms with van der Waals surface area (Å²) >= 11 is 0. The Morgan fingerprint density at radius 2 is 1.43 bits per heavy atom. The van der Waals surface area contributed by atoms with E-state index in [0.29, 0.717) is 0 Å². The lowest BCUT2D eigenvalue weighted by Crippen LogP contribution is -1.94. The maximum absolute atomic E-state index is 4.37. The van der Waals surface area contributed by atoms with Gasteiger partial charge in [0.1, 0.15) is 5.82 Å². The molecular formula is C20H15N3. The molecule has 4 rings (SSSR count). The van der Waals surface area contributed by atoms with Crippen molar-refractivity contribution in [3.8, 4) is 0 Å². The van der Waals surface area contributed by atoms with E-state index in [-0.39, 0.29) is 0 Å². The van der Waals surface area contributed by atoms with Gasteiger partial charge in [0.2, 0.25) is 0 Å². The number of nitrogens with one attached hydrogen (secondary N) is 1. The molecule has 0 saturated carbocycles. The van der Waals surface area contributed by atoms with Gasteiger partial charge in [-0.05, 0) is 39.7 Å². The summed E-state index contributed by atoms with van der Waals surface area (Å²) in [6.07, 6.45) is 3.62. The summed E-state index contributed by atoms with van der Waals surface area (Å²) < 4.78 is 0. The number of hydrogen-bond acceptors (Lipinski definition) is 3. The molecule has 110 valence electrons. The van der Waals surface area contributed by atoms with E-state index in [4.69, 9.17) is 0 Å². The van der Waals surface area contributed by atoms with E-state index in [2.05, 4.69) is 70.1 Å². The molecule has 0 unspecified atom stereocenters. The van der Waals surface area contributed by atoms with Crippen LogP contribution < -0.4 is 5.43 Å². The fourth-order valence-electron chi connectivity index (χ4n) is 2.78. The van der Waals surface area contributed by atoms with E-state index in [0.717, 1.165) is 11.4 Å². The second kappa shape index (κ2) is 5.89. The summed E-state index contributed by atoms with van der Waals surface area (Å²) in [6, 6.07) is 24.7. The van der Waals surface area contributed by atoms with Gasteiger partial charge in [0.15, 0.2) is 0 Å². The molecule has 0 aliphatic rings. The molecule has 23 heavy (non-hydrogen) atoms. The number of benzene rings is 3. The first kappa shape index (κ1) is 13.5. The molecule has 0 aliphatic carbocycles. The molecule has 0 bridgehead atoms. The minimum Gasteiger partial charge on any atom is -0.261 e. The number of fused-ring (bicyclic) bond motifs is 2. The van der Waals surface area contributed by atoms with Crippen molar-refractivity contribution in [1.29, 1.82) is 0 Å². The van der Waals surface area contributed by atoms with Gasteiger partial charge in [-0.15, -0.1) is 0 Å². The Hall–Kier alpha value is -3.20.